The Morgan fingerprint density at radius 2 is 1.77 bits per heavy atom. The van der Waals surface area contributed by atoms with Crippen molar-refractivity contribution in [2.24, 2.45) is 0 Å². The van der Waals surface area contributed by atoms with Crippen LogP contribution in [0.25, 0.3) is 22.7 Å². The molecule has 4 rings (SSSR count). The Morgan fingerprint density at radius 1 is 1.00 bits per heavy atom. The molecule has 0 bridgehead atoms. The topological polar surface area (TPSA) is 67.5 Å². The maximum absolute atomic E-state index is 10.8. The minimum atomic E-state index is -0.959. The molecule has 0 atom stereocenters. The first-order chi connectivity index (χ1) is 14.7. The third-order valence-electron chi connectivity index (χ3n) is 4.99. The van der Waals surface area contributed by atoms with Crippen molar-refractivity contribution < 1.29 is 9.90 Å². The zero-order valence-electron chi connectivity index (χ0n) is 16.6. The van der Waals surface area contributed by atoms with Crippen molar-refractivity contribution >= 4 is 28.7 Å². The summed E-state index contributed by atoms with van der Waals surface area (Å²) in [5.41, 5.74) is 7.47. The highest BCUT2D eigenvalue weighted by Crippen LogP contribution is 2.34. The van der Waals surface area contributed by atoms with Crippen LogP contribution in [-0.2, 0) is 4.79 Å². The Hall–Kier alpha value is -3.99. The van der Waals surface area contributed by atoms with Crippen molar-refractivity contribution in [3.63, 3.8) is 0 Å². The molecule has 0 aliphatic heterocycles. The number of carboxylic acid groups (broad SMARTS) is 1. The molecule has 0 aliphatic carbocycles. The molecule has 148 valence electrons. The Morgan fingerprint density at radius 3 is 2.47 bits per heavy atom. The molecule has 30 heavy (non-hydrogen) atoms. The van der Waals surface area contributed by atoms with Crippen LogP contribution < -0.4 is 0 Å². The maximum atomic E-state index is 10.8. The van der Waals surface area contributed by atoms with Gasteiger partial charge in [0, 0.05) is 12.3 Å². The summed E-state index contributed by atoms with van der Waals surface area (Å²) in [5.74, 6) is -0.959. The molecular weight excluding hydrogens is 374 g/mol. The summed E-state index contributed by atoms with van der Waals surface area (Å²) in [7, 11) is 0. The standard InChI is InChI=1S/C25H21N3O2/c1-2-23(19-6-4-3-5-7-19)25(21-14-15-28-22(16-21)17-26-27-28)20-11-8-18(9-12-20)10-13-24(29)30/h3-17H,2H2,1H3,(H,29,30)/b13-10+,25-23+. The van der Waals surface area contributed by atoms with Gasteiger partial charge in [-0.2, -0.15) is 0 Å². The zero-order valence-corrected chi connectivity index (χ0v) is 16.6. The van der Waals surface area contributed by atoms with Crippen LogP contribution in [-0.4, -0.2) is 25.9 Å². The van der Waals surface area contributed by atoms with Gasteiger partial charge in [0.15, 0.2) is 0 Å². The average molecular weight is 395 g/mol. The van der Waals surface area contributed by atoms with Gasteiger partial charge in [0.05, 0.1) is 11.7 Å². The lowest BCUT2D eigenvalue weighted by atomic mass is 9.88. The van der Waals surface area contributed by atoms with Crippen LogP contribution in [0.2, 0.25) is 0 Å². The molecule has 0 aliphatic rings. The SMILES string of the molecule is CC/C(=C(/c1ccc(/C=C/C(=O)O)cc1)c1ccn2nncc2c1)c1ccccc1. The van der Waals surface area contributed by atoms with E-state index in [1.54, 1.807) is 16.8 Å². The summed E-state index contributed by atoms with van der Waals surface area (Å²) in [5, 5.41) is 16.9. The molecule has 0 saturated carbocycles. The first-order valence-corrected chi connectivity index (χ1v) is 9.76. The van der Waals surface area contributed by atoms with Crippen LogP contribution >= 0.6 is 0 Å². The normalized spacial score (nSPS) is 12.3. The van der Waals surface area contributed by atoms with Crippen LogP contribution in [0.15, 0.2) is 85.2 Å². The van der Waals surface area contributed by atoms with Gasteiger partial charge in [-0.1, -0.05) is 66.7 Å². The number of aliphatic carboxylic acids is 1. The van der Waals surface area contributed by atoms with E-state index in [9.17, 15) is 4.79 Å². The van der Waals surface area contributed by atoms with Gasteiger partial charge in [-0.25, -0.2) is 9.31 Å². The van der Waals surface area contributed by atoms with E-state index in [2.05, 4.69) is 35.4 Å². The van der Waals surface area contributed by atoms with Gasteiger partial charge in [0.25, 0.3) is 0 Å². The highest BCUT2D eigenvalue weighted by Gasteiger charge is 2.14. The first-order valence-electron chi connectivity index (χ1n) is 9.76. The van der Waals surface area contributed by atoms with Crippen molar-refractivity contribution in [1.82, 2.24) is 14.8 Å². The number of aromatic nitrogens is 3. The smallest absolute Gasteiger partial charge is 0.328 e. The zero-order chi connectivity index (χ0) is 20.9. The second-order valence-corrected chi connectivity index (χ2v) is 6.89. The van der Waals surface area contributed by atoms with Gasteiger partial charge in [0.2, 0.25) is 0 Å². The molecule has 0 unspecified atom stereocenters. The van der Waals surface area contributed by atoms with E-state index < -0.39 is 5.97 Å². The van der Waals surface area contributed by atoms with Gasteiger partial charge in [-0.05, 0) is 58.0 Å². The highest BCUT2D eigenvalue weighted by atomic mass is 16.4. The van der Waals surface area contributed by atoms with E-state index in [0.717, 1.165) is 40.3 Å². The number of pyridine rings is 1. The molecule has 0 amide bonds. The Balaban J connectivity index is 1.89. The van der Waals surface area contributed by atoms with Gasteiger partial charge in [0.1, 0.15) is 0 Å². The van der Waals surface area contributed by atoms with E-state index in [1.807, 2.05) is 54.7 Å². The lowest BCUT2D eigenvalue weighted by Gasteiger charge is -2.16. The fourth-order valence-corrected chi connectivity index (χ4v) is 3.59. The summed E-state index contributed by atoms with van der Waals surface area (Å²) in [6.45, 7) is 2.16. The lowest BCUT2D eigenvalue weighted by molar-refractivity contribution is -0.131. The molecule has 1 N–H and O–H groups in total. The largest absolute Gasteiger partial charge is 0.478 e. The van der Waals surface area contributed by atoms with Gasteiger partial charge in [-0.15, -0.1) is 5.10 Å². The molecule has 2 aromatic heterocycles. The van der Waals surface area contributed by atoms with Crippen molar-refractivity contribution in [3.05, 3.63) is 107 Å². The summed E-state index contributed by atoms with van der Waals surface area (Å²) in [4.78, 5) is 10.8. The fraction of sp³-hybridized carbons (Fsp3) is 0.0800. The lowest BCUT2D eigenvalue weighted by Crippen LogP contribution is -1.97. The summed E-state index contributed by atoms with van der Waals surface area (Å²) in [6, 6.07) is 22.5. The third kappa shape index (κ3) is 4.05. The molecule has 4 aromatic rings. The second kappa shape index (κ2) is 8.57. The molecule has 0 fully saturated rings. The number of benzene rings is 2. The quantitative estimate of drug-likeness (QED) is 0.360. The molecule has 0 radical (unpaired) electrons. The Labute approximate surface area is 174 Å². The number of carboxylic acids is 1. The molecule has 2 aromatic carbocycles. The van der Waals surface area contributed by atoms with E-state index in [4.69, 9.17) is 5.11 Å². The number of hydrogen-bond donors (Lipinski definition) is 1. The van der Waals surface area contributed by atoms with Crippen LogP contribution in [0.4, 0.5) is 0 Å². The predicted molar refractivity (Wildman–Crippen MR) is 119 cm³/mol. The van der Waals surface area contributed by atoms with E-state index in [1.165, 1.54) is 11.1 Å². The average Bonchev–Trinajstić information content (AvgIpc) is 3.25. The number of hydrogen-bond acceptors (Lipinski definition) is 3. The number of rotatable bonds is 6. The third-order valence-corrected chi connectivity index (χ3v) is 4.99. The second-order valence-electron chi connectivity index (χ2n) is 6.89. The van der Waals surface area contributed by atoms with E-state index >= 15 is 0 Å². The van der Waals surface area contributed by atoms with Crippen LogP contribution in [0, 0.1) is 0 Å². The summed E-state index contributed by atoms with van der Waals surface area (Å²) < 4.78 is 1.75. The van der Waals surface area contributed by atoms with Crippen LogP contribution in [0.5, 0.6) is 0 Å². The summed E-state index contributed by atoms with van der Waals surface area (Å²) in [6.07, 6.45) is 7.27. The van der Waals surface area contributed by atoms with E-state index in [-0.39, 0.29) is 0 Å². The van der Waals surface area contributed by atoms with Crippen molar-refractivity contribution in [2.45, 2.75) is 13.3 Å². The minimum absolute atomic E-state index is 0.841. The number of allylic oxidation sites excluding steroid dienone is 1. The van der Waals surface area contributed by atoms with Crippen molar-refractivity contribution in [1.29, 1.82) is 0 Å². The molecular formula is C25H21N3O2. The molecule has 0 saturated heterocycles. The fourth-order valence-electron chi connectivity index (χ4n) is 3.59. The van der Waals surface area contributed by atoms with Crippen molar-refractivity contribution in [2.75, 3.05) is 0 Å². The van der Waals surface area contributed by atoms with Crippen molar-refractivity contribution in [3.8, 4) is 0 Å². The molecule has 5 nitrogen and oxygen atoms in total. The van der Waals surface area contributed by atoms with E-state index in [0.29, 0.717) is 0 Å². The molecule has 0 spiro atoms. The van der Waals surface area contributed by atoms with Crippen LogP contribution in [0.3, 0.4) is 0 Å². The minimum Gasteiger partial charge on any atom is -0.478 e. The maximum Gasteiger partial charge on any atom is 0.328 e. The van der Waals surface area contributed by atoms with Gasteiger partial charge < -0.3 is 5.11 Å². The number of nitrogens with zero attached hydrogens (tertiary/aromatic N) is 3. The predicted octanol–water partition coefficient (Wildman–Crippen LogP) is 5.20. The number of fused-ring (bicyclic) bond motifs is 1. The summed E-state index contributed by atoms with van der Waals surface area (Å²) >= 11 is 0. The highest BCUT2D eigenvalue weighted by molar-refractivity contribution is 5.99. The Kier molecular flexibility index (Phi) is 5.52. The monoisotopic (exact) mass is 395 g/mol. The Bertz CT molecular complexity index is 1240. The molecule has 2 heterocycles. The first kappa shape index (κ1) is 19.3. The van der Waals surface area contributed by atoms with Gasteiger partial charge in [-0.3, -0.25) is 0 Å². The number of carbonyl (C=O) groups is 1. The van der Waals surface area contributed by atoms with Crippen LogP contribution in [0.1, 0.15) is 35.6 Å². The van der Waals surface area contributed by atoms with Gasteiger partial charge >= 0.3 is 5.97 Å². The molecule has 5 heteroatoms.